The van der Waals surface area contributed by atoms with Gasteiger partial charge in [-0.05, 0) is 0 Å². The van der Waals surface area contributed by atoms with Gasteiger partial charge in [-0.25, -0.2) is 0 Å². The normalized spacial score (nSPS) is 8.95. The Morgan fingerprint density at radius 1 is 1.05 bits per heavy atom. The van der Waals surface area contributed by atoms with Crippen LogP contribution < -0.4 is 59.1 Å². The Morgan fingerprint density at radius 2 is 1.47 bits per heavy atom. The molecule has 15 heteroatoms. The smallest absolute Gasteiger partial charge is 1.00 e. The number of hydrogen-bond donors (Lipinski definition) is 0. The molecule has 0 aromatic rings. The van der Waals surface area contributed by atoms with Crippen LogP contribution >= 0.6 is 8.73 Å². The van der Waals surface area contributed by atoms with Gasteiger partial charge in [0, 0.05) is 0 Å². The SMILES string of the molecule is [10B-][10BH][10B]([10BH2])S(=[10B][10B]([10BH2])[10BH2])(=[10B][10B]([10BH2])[10BH2])CCCC.[Na+].[Na+]. The Morgan fingerprint density at radius 3 is 1.74 bits per heavy atom. The van der Waals surface area contributed by atoms with E-state index in [1.54, 1.807) is 0 Å². The molecule has 0 atom stereocenters. The Balaban J connectivity index is -0.00000128. The minimum Gasteiger partial charge on any atom is 1.00 e. The molecule has 3 radical (unpaired) electrons. The molecule has 0 spiro atoms. The van der Waals surface area contributed by atoms with Gasteiger partial charge in [0.15, 0.2) is 0 Å². The van der Waals surface area contributed by atoms with Crippen molar-refractivity contribution < 1.29 is 59.1 Å². The van der Waals surface area contributed by atoms with Crippen LogP contribution in [0.2, 0.25) is 0 Å². The molecule has 0 aromatic heterocycles. The van der Waals surface area contributed by atoms with Gasteiger partial charge in [0.2, 0.25) is 0 Å². The van der Waals surface area contributed by atoms with Crippen LogP contribution in [0.15, 0.2) is 0 Å². The maximum absolute atomic E-state index is 5.96. The van der Waals surface area contributed by atoms with Crippen molar-refractivity contribution in [2.75, 3.05) is 5.75 Å². The summed E-state index contributed by atoms with van der Waals surface area (Å²) in [7, 11) is 17.5. The van der Waals surface area contributed by atoms with E-state index in [2.05, 4.69) is 57.7 Å². The van der Waals surface area contributed by atoms with Gasteiger partial charge in [-0.3, -0.25) is 0 Å². The summed E-state index contributed by atoms with van der Waals surface area (Å²) in [5.41, 5.74) is 0. The van der Waals surface area contributed by atoms with Gasteiger partial charge in [0.25, 0.3) is 0 Å². The van der Waals surface area contributed by atoms with E-state index in [-0.39, 0.29) is 59.1 Å². The van der Waals surface area contributed by atoms with Crippen molar-refractivity contribution in [3.05, 3.63) is 0 Å². The summed E-state index contributed by atoms with van der Waals surface area (Å²) in [6.45, 7) is 2.28. The fourth-order valence-corrected chi connectivity index (χ4v) is 6.71. The zero-order valence-corrected chi connectivity index (χ0v) is 19.5. The first-order valence-corrected chi connectivity index (χ1v) is 9.06. The minimum absolute atomic E-state index is 0. The van der Waals surface area contributed by atoms with Gasteiger partial charge < -0.3 is 0 Å². The van der Waals surface area contributed by atoms with E-state index < -0.39 is 8.73 Å². The van der Waals surface area contributed by atoms with Gasteiger partial charge in [0.05, 0.1) is 0 Å². The fourth-order valence-electron chi connectivity index (χ4n) is 2.24. The molecule has 0 saturated carbocycles. The van der Waals surface area contributed by atoms with E-state index in [1.807, 2.05) is 0 Å². The maximum atomic E-state index is 5.96. The van der Waals surface area contributed by atoms with Crippen LogP contribution in [0.5, 0.6) is 0 Å². The van der Waals surface area contributed by atoms with Crippen molar-refractivity contribution >= 4 is 92.9 Å². The average Bonchev–Trinajstić information content (AvgIpc) is 2.23. The summed E-state index contributed by atoms with van der Waals surface area (Å²) in [5.74, 6) is 1.96. The number of hydrogen-bond acceptors (Lipinski definition) is 0. The molecule has 0 aliphatic heterocycles. The van der Waals surface area contributed by atoms with Crippen LogP contribution in [-0.2, 0) is 0 Å². The van der Waals surface area contributed by atoms with Crippen molar-refractivity contribution in [2.24, 2.45) is 0 Å². The van der Waals surface area contributed by atoms with Crippen LogP contribution in [0, 0.1) is 0 Å². The summed E-state index contributed by atoms with van der Waals surface area (Å²) in [6, 6.07) is 5.22. The molecular formula is C4H20B12Na2S+. The summed E-state index contributed by atoms with van der Waals surface area (Å²) in [6.07, 6.45) is 3.92. The summed E-state index contributed by atoms with van der Waals surface area (Å²) < 4.78 is 0. The molecule has 0 N–H and O–H groups in total. The Hall–Kier alpha value is 3.13. The Kier molecular flexibility index (Phi) is 20.9. The van der Waals surface area contributed by atoms with Gasteiger partial charge >= 0.3 is 177 Å². The van der Waals surface area contributed by atoms with E-state index in [9.17, 15) is 0 Å². The second-order valence-corrected chi connectivity index (χ2v) is 9.35. The second kappa shape index (κ2) is 14.7. The quantitative estimate of drug-likeness (QED) is 0.402. The first-order chi connectivity index (χ1) is 7.88. The van der Waals surface area contributed by atoms with Crippen molar-refractivity contribution in [3.63, 3.8) is 0 Å². The standard InChI is InChI=1S/C4H20B12S.2Na/c1-2-3-4-17(12-14(6)7,13-15(8)9)16(10)11-5;;/h11H,2-4,6-10H2,1H3;;/q-1;2*+1/i5-1,6-1,7-1,8-1,9-1,10-1,11-1,12-1,13-1,14-1,15-1,16-1;;. The van der Waals surface area contributed by atoms with Gasteiger partial charge in [-0.1, -0.05) is 0 Å². The molecule has 0 bridgehead atoms. The molecule has 0 aromatic carbocycles. The molecule has 0 aliphatic carbocycles. The van der Waals surface area contributed by atoms with Gasteiger partial charge in [-0.15, -0.1) is 0 Å². The van der Waals surface area contributed by atoms with Crippen molar-refractivity contribution in [1.29, 1.82) is 0 Å². The molecule has 0 heterocycles. The largest absolute Gasteiger partial charge is 1.00 e. The molecule has 19 heavy (non-hydrogen) atoms. The molecule has 0 fully saturated rings. The van der Waals surface area contributed by atoms with E-state index in [0.29, 0.717) is 18.5 Å². The summed E-state index contributed by atoms with van der Waals surface area (Å²) in [5, 5.41) is 0. The predicted octanol–water partition coefficient (Wildman–Crippen LogP) is -11.5. The van der Waals surface area contributed by atoms with E-state index in [1.165, 1.54) is 18.6 Å². The topological polar surface area (TPSA) is 0 Å². The third kappa shape index (κ3) is 11.3. The van der Waals surface area contributed by atoms with Crippen molar-refractivity contribution in [1.82, 2.24) is 0 Å². The van der Waals surface area contributed by atoms with E-state index >= 15 is 0 Å². The van der Waals surface area contributed by atoms with Crippen LogP contribution in [0.1, 0.15) is 19.8 Å². The van der Waals surface area contributed by atoms with Crippen LogP contribution in [0.3, 0.4) is 0 Å². The molecule has 79 valence electrons. The Bertz CT molecular complexity index is 304. The average molecular weight is 266 g/mol. The number of unbranched alkanes of at least 4 members (excludes halogenated alkanes) is 1. The van der Waals surface area contributed by atoms with Crippen LogP contribution in [-0.4, -0.2) is 89.9 Å². The molecular weight excluding hydrogens is 246 g/mol. The monoisotopic (exact) mass is 266 g/mol. The zero-order valence-electron chi connectivity index (χ0n) is 14.7. The van der Waals surface area contributed by atoms with E-state index in [0.717, 1.165) is 7.06 Å². The molecule has 0 aliphatic rings. The molecule has 0 nitrogen and oxygen atoms in total. The number of rotatable bonds is 7. The fraction of sp³-hybridized carbons (Fsp3) is 1.00. The minimum atomic E-state index is -0.761. The van der Waals surface area contributed by atoms with Crippen LogP contribution in [0.25, 0.3) is 0 Å². The third-order valence-corrected chi connectivity index (χ3v) is 7.77. The van der Waals surface area contributed by atoms with Gasteiger partial charge in [-0.2, -0.15) is 0 Å². The second-order valence-electron chi connectivity index (χ2n) is 5.77. The van der Waals surface area contributed by atoms with Crippen molar-refractivity contribution in [3.8, 4) is 0 Å². The maximum Gasteiger partial charge on any atom is 1.00 e. The van der Waals surface area contributed by atoms with E-state index in [4.69, 9.17) is 7.74 Å². The molecule has 0 saturated heterocycles. The van der Waals surface area contributed by atoms with Crippen molar-refractivity contribution in [2.45, 2.75) is 19.8 Å². The molecule has 0 amide bonds. The Labute approximate surface area is 175 Å². The molecule has 0 unspecified atom stereocenters. The predicted molar refractivity (Wildman–Crippen MR) is 112 cm³/mol. The van der Waals surface area contributed by atoms with Gasteiger partial charge in [0.1, 0.15) is 0 Å². The summed E-state index contributed by atoms with van der Waals surface area (Å²) in [4.78, 5) is 0. The third-order valence-electron chi connectivity index (χ3n) is 2.98. The zero-order chi connectivity index (χ0) is 13.5. The van der Waals surface area contributed by atoms with Crippen LogP contribution in [0.4, 0.5) is 0 Å². The first kappa shape index (κ1) is 27.0. The first-order valence-electron chi connectivity index (χ1n) is 7.07. The summed E-state index contributed by atoms with van der Waals surface area (Å²) >= 11 is 0. The molecule has 0 rings (SSSR count).